The third kappa shape index (κ3) is 2.01. The molecule has 0 bridgehead atoms. The lowest BCUT2D eigenvalue weighted by atomic mass is 10.1. The summed E-state index contributed by atoms with van der Waals surface area (Å²) in [5.41, 5.74) is 15.6. The van der Waals surface area contributed by atoms with Gasteiger partial charge in [-0.05, 0) is 29.3 Å². The van der Waals surface area contributed by atoms with E-state index in [1.54, 1.807) is 12.1 Å². The summed E-state index contributed by atoms with van der Waals surface area (Å²) < 4.78 is 0. The molecule has 4 nitrogen and oxygen atoms in total. The van der Waals surface area contributed by atoms with Gasteiger partial charge in [-0.15, -0.1) is 0 Å². The molecule has 0 saturated carbocycles. The van der Waals surface area contributed by atoms with Crippen LogP contribution in [0.5, 0.6) is 0 Å². The van der Waals surface area contributed by atoms with E-state index in [2.05, 4.69) is 17.0 Å². The summed E-state index contributed by atoms with van der Waals surface area (Å²) in [6, 6.07) is 13.6. The summed E-state index contributed by atoms with van der Waals surface area (Å²) in [5.74, 6) is -0.446. The Hall–Kier alpha value is -2.49. The second kappa shape index (κ2) is 4.31. The molecular weight excluding hydrogens is 238 g/mol. The van der Waals surface area contributed by atoms with Crippen molar-refractivity contribution in [3.63, 3.8) is 0 Å². The number of nitrogen functional groups attached to an aromatic ring is 1. The zero-order valence-electron chi connectivity index (χ0n) is 10.5. The van der Waals surface area contributed by atoms with Crippen molar-refractivity contribution in [2.75, 3.05) is 10.6 Å². The summed E-state index contributed by atoms with van der Waals surface area (Å²) >= 11 is 0. The number of fused-ring (bicyclic) bond motifs is 1. The molecule has 2 aromatic carbocycles. The number of benzene rings is 2. The predicted octanol–water partition coefficient (Wildman–Crippen LogP) is 1.89. The monoisotopic (exact) mass is 253 g/mol. The number of carbonyl (C=O) groups excluding carboxylic acids is 1. The van der Waals surface area contributed by atoms with Gasteiger partial charge in [0.05, 0.1) is 11.3 Å². The van der Waals surface area contributed by atoms with Crippen LogP contribution in [0.3, 0.4) is 0 Å². The van der Waals surface area contributed by atoms with Gasteiger partial charge >= 0.3 is 0 Å². The Kier molecular flexibility index (Phi) is 2.63. The maximum absolute atomic E-state index is 11.5. The van der Waals surface area contributed by atoms with Gasteiger partial charge in [0.1, 0.15) is 0 Å². The van der Waals surface area contributed by atoms with E-state index in [-0.39, 0.29) is 0 Å². The lowest BCUT2D eigenvalue weighted by Gasteiger charge is -2.20. The van der Waals surface area contributed by atoms with Crippen molar-refractivity contribution in [3.05, 3.63) is 59.2 Å². The van der Waals surface area contributed by atoms with Gasteiger partial charge in [0.25, 0.3) is 5.91 Å². The van der Waals surface area contributed by atoms with Crippen LogP contribution in [-0.2, 0) is 13.1 Å². The van der Waals surface area contributed by atoms with Gasteiger partial charge in [-0.2, -0.15) is 0 Å². The van der Waals surface area contributed by atoms with Gasteiger partial charge in [0.15, 0.2) is 0 Å². The lowest BCUT2D eigenvalue weighted by Crippen LogP contribution is -2.21. The maximum atomic E-state index is 11.5. The highest BCUT2D eigenvalue weighted by Gasteiger charge is 2.22. The molecule has 0 radical (unpaired) electrons. The van der Waals surface area contributed by atoms with Crippen LogP contribution in [0.2, 0.25) is 0 Å². The Labute approximate surface area is 111 Å². The molecule has 0 aromatic heterocycles. The largest absolute Gasteiger partial charge is 0.399 e. The number of hydrogen-bond donors (Lipinski definition) is 2. The molecule has 1 amide bonds. The highest BCUT2D eigenvalue weighted by Crippen LogP contribution is 2.31. The van der Waals surface area contributed by atoms with Gasteiger partial charge in [0, 0.05) is 18.8 Å². The summed E-state index contributed by atoms with van der Waals surface area (Å²) in [4.78, 5) is 13.7. The topological polar surface area (TPSA) is 72.3 Å². The number of rotatable bonds is 2. The summed E-state index contributed by atoms with van der Waals surface area (Å²) in [6.45, 7) is 1.58. The molecule has 96 valence electrons. The number of amides is 1. The molecule has 1 aliphatic rings. The van der Waals surface area contributed by atoms with Gasteiger partial charge in [-0.25, -0.2) is 0 Å². The lowest BCUT2D eigenvalue weighted by molar-refractivity contribution is 0.100. The van der Waals surface area contributed by atoms with Crippen molar-refractivity contribution in [1.29, 1.82) is 0 Å². The first-order valence-electron chi connectivity index (χ1n) is 6.16. The summed E-state index contributed by atoms with van der Waals surface area (Å²) in [5, 5.41) is 0. The Bertz CT molecular complexity index is 627. The molecule has 0 unspecified atom stereocenters. The smallest absolute Gasteiger partial charge is 0.250 e. The molecular formula is C15H15N3O. The average molecular weight is 253 g/mol. The first-order chi connectivity index (χ1) is 9.15. The number of hydrogen-bond acceptors (Lipinski definition) is 3. The number of nitrogens with two attached hydrogens (primary N) is 2. The van der Waals surface area contributed by atoms with Gasteiger partial charge < -0.3 is 16.4 Å². The van der Waals surface area contributed by atoms with Crippen LogP contribution in [0, 0.1) is 0 Å². The normalized spacial score (nSPS) is 13.4. The zero-order chi connectivity index (χ0) is 13.4. The fourth-order valence-electron chi connectivity index (χ4n) is 2.53. The van der Waals surface area contributed by atoms with Crippen LogP contribution in [0.15, 0.2) is 42.5 Å². The summed E-state index contributed by atoms with van der Waals surface area (Å²) in [6.07, 6.45) is 0. The molecule has 1 aliphatic heterocycles. The minimum atomic E-state index is -0.446. The second-order valence-corrected chi connectivity index (χ2v) is 4.77. The zero-order valence-corrected chi connectivity index (χ0v) is 10.5. The van der Waals surface area contributed by atoms with Crippen LogP contribution in [0.1, 0.15) is 21.5 Å². The van der Waals surface area contributed by atoms with Crippen molar-refractivity contribution in [3.8, 4) is 0 Å². The van der Waals surface area contributed by atoms with Gasteiger partial charge in [0.2, 0.25) is 0 Å². The van der Waals surface area contributed by atoms with E-state index < -0.39 is 5.91 Å². The summed E-state index contributed by atoms with van der Waals surface area (Å²) in [7, 11) is 0. The van der Waals surface area contributed by atoms with Crippen molar-refractivity contribution >= 4 is 17.3 Å². The van der Waals surface area contributed by atoms with E-state index in [9.17, 15) is 4.79 Å². The SMILES string of the molecule is NC(=O)c1cc(N)ccc1N1Cc2ccccc2C1. The van der Waals surface area contributed by atoms with Crippen LogP contribution in [-0.4, -0.2) is 5.91 Å². The predicted molar refractivity (Wildman–Crippen MR) is 75.7 cm³/mol. The molecule has 4 N–H and O–H groups in total. The molecule has 0 aliphatic carbocycles. The first kappa shape index (κ1) is 11.6. The van der Waals surface area contributed by atoms with Gasteiger partial charge in [-0.1, -0.05) is 24.3 Å². The number of nitrogens with zero attached hydrogens (tertiary/aromatic N) is 1. The Morgan fingerprint density at radius 2 is 1.68 bits per heavy atom. The fraction of sp³-hybridized carbons (Fsp3) is 0.133. The van der Waals surface area contributed by atoms with E-state index in [4.69, 9.17) is 11.5 Å². The maximum Gasteiger partial charge on any atom is 0.250 e. The highest BCUT2D eigenvalue weighted by molar-refractivity contribution is 5.99. The van der Waals surface area contributed by atoms with Crippen LogP contribution >= 0.6 is 0 Å². The number of carbonyl (C=O) groups is 1. The number of anilines is 2. The Morgan fingerprint density at radius 1 is 1.05 bits per heavy atom. The average Bonchev–Trinajstić information content (AvgIpc) is 2.82. The Morgan fingerprint density at radius 3 is 2.26 bits per heavy atom. The van der Waals surface area contributed by atoms with Crippen molar-refractivity contribution in [1.82, 2.24) is 0 Å². The highest BCUT2D eigenvalue weighted by atomic mass is 16.1. The van der Waals surface area contributed by atoms with Crippen molar-refractivity contribution in [2.45, 2.75) is 13.1 Å². The minimum absolute atomic E-state index is 0.446. The van der Waals surface area contributed by atoms with Crippen LogP contribution < -0.4 is 16.4 Å². The first-order valence-corrected chi connectivity index (χ1v) is 6.16. The third-order valence-corrected chi connectivity index (χ3v) is 3.47. The second-order valence-electron chi connectivity index (χ2n) is 4.77. The van der Waals surface area contributed by atoms with Crippen LogP contribution in [0.4, 0.5) is 11.4 Å². The molecule has 19 heavy (non-hydrogen) atoms. The molecule has 4 heteroatoms. The van der Waals surface area contributed by atoms with Gasteiger partial charge in [-0.3, -0.25) is 4.79 Å². The molecule has 0 spiro atoms. The van der Waals surface area contributed by atoms with E-state index >= 15 is 0 Å². The van der Waals surface area contributed by atoms with E-state index in [0.29, 0.717) is 11.3 Å². The van der Waals surface area contributed by atoms with E-state index in [1.165, 1.54) is 11.1 Å². The quantitative estimate of drug-likeness (QED) is 0.803. The van der Waals surface area contributed by atoms with Crippen molar-refractivity contribution < 1.29 is 4.79 Å². The third-order valence-electron chi connectivity index (χ3n) is 3.47. The molecule has 0 fully saturated rings. The Balaban J connectivity index is 1.99. The van der Waals surface area contributed by atoms with Crippen molar-refractivity contribution in [2.24, 2.45) is 5.73 Å². The molecule has 1 heterocycles. The van der Waals surface area contributed by atoms with E-state index in [0.717, 1.165) is 18.8 Å². The fourth-order valence-corrected chi connectivity index (χ4v) is 2.53. The molecule has 3 rings (SSSR count). The molecule has 2 aromatic rings. The standard InChI is InChI=1S/C15H15N3O/c16-12-5-6-14(13(7-12)15(17)19)18-8-10-3-1-2-4-11(10)9-18/h1-7H,8-9,16H2,(H2,17,19). The van der Waals surface area contributed by atoms with E-state index in [1.807, 2.05) is 18.2 Å². The molecule has 0 atom stereocenters. The number of primary amides is 1. The minimum Gasteiger partial charge on any atom is -0.399 e. The molecule has 0 saturated heterocycles. The van der Waals surface area contributed by atoms with Crippen LogP contribution in [0.25, 0.3) is 0 Å².